The first kappa shape index (κ1) is 13.6. The highest BCUT2D eigenvalue weighted by atomic mass is 16.2. The standard InChI is InChI=1S/C15H25NO2/c1-2-13-11-16(9-8-14(13)17)15(18)10-12-6-4-3-5-7-12/h12-13H,2-11H2,1H3. The van der Waals surface area contributed by atoms with Crippen LogP contribution in [0.5, 0.6) is 0 Å². The van der Waals surface area contributed by atoms with Gasteiger partial charge in [-0.1, -0.05) is 26.2 Å². The van der Waals surface area contributed by atoms with E-state index in [1.165, 1.54) is 32.1 Å². The Labute approximate surface area is 110 Å². The second-order valence-corrected chi connectivity index (χ2v) is 5.87. The molecule has 1 aliphatic heterocycles. The van der Waals surface area contributed by atoms with Crippen LogP contribution in [0.4, 0.5) is 0 Å². The summed E-state index contributed by atoms with van der Waals surface area (Å²) in [5, 5.41) is 0. The molecule has 1 unspecified atom stereocenters. The molecule has 3 nitrogen and oxygen atoms in total. The molecule has 18 heavy (non-hydrogen) atoms. The highest BCUT2D eigenvalue weighted by Crippen LogP contribution is 2.27. The number of hydrogen-bond acceptors (Lipinski definition) is 2. The van der Waals surface area contributed by atoms with Crippen LogP contribution in [0.3, 0.4) is 0 Å². The minimum atomic E-state index is 0.0917. The quantitative estimate of drug-likeness (QED) is 0.773. The molecule has 102 valence electrons. The van der Waals surface area contributed by atoms with Crippen molar-refractivity contribution in [2.24, 2.45) is 11.8 Å². The lowest BCUT2D eigenvalue weighted by molar-refractivity contribution is -0.138. The van der Waals surface area contributed by atoms with Gasteiger partial charge in [0.15, 0.2) is 0 Å². The molecule has 0 bridgehead atoms. The van der Waals surface area contributed by atoms with Crippen molar-refractivity contribution in [3.63, 3.8) is 0 Å². The first-order chi connectivity index (χ1) is 8.70. The fourth-order valence-corrected chi connectivity index (χ4v) is 3.26. The van der Waals surface area contributed by atoms with Gasteiger partial charge in [-0.15, -0.1) is 0 Å². The van der Waals surface area contributed by atoms with Crippen LogP contribution in [0, 0.1) is 11.8 Å². The second kappa shape index (κ2) is 6.35. The van der Waals surface area contributed by atoms with Gasteiger partial charge in [0.1, 0.15) is 5.78 Å². The number of carbonyl (C=O) groups excluding carboxylic acids is 2. The highest BCUT2D eigenvalue weighted by Gasteiger charge is 2.29. The molecule has 1 aliphatic carbocycles. The van der Waals surface area contributed by atoms with E-state index in [1.54, 1.807) is 0 Å². The van der Waals surface area contributed by atoms with Crippen molar-refractivity contribution in [1.29, 1.82) is 0 Å². The third kappa shape index (κ3) is 3.33. The Morgan fingerprint density at radius 3 is 2.67 bits per heavy atom. The van der Waals surface area contributed by atoms with Gasteiger partial charge in [0.25, 0.3) is 0 Å². The third-order valence-electron chi connectivity index (χ3n) is 4.56. The summed E-state index contributed by atoms with van der Waals surface area (Å²) in [6.07, 6.45) is 8.49. The molecule has 1 saturated heterocycles. The van der Waals surface area contributed by atoms with Crippen molar-refractivity contribution in [3.8, 4) is 0 Å². The van der Waals surface area contributed by atoms with Crippen molar-refractivity contribution < 1.29 is 9.59 Å². The summed E-state index contributed by atoms with van der Waals surface area (Å²) >= 11 is 0. The number of nitrogens with zero attached hydrogens (tertiary/aromatic N) is 1. The minimum absolute atomic E-state index is 0.0917. The summed E-state index contributed by atoms with van der Waals surface area (Å²) in [6, 6.07) is 0. The second-order valence-electron chi connectivity index (χ2n) is 5.87. The van der Waals surface area contributed by atoms with Crippen LogP contribution in [0.15, 0.2) is 0 Å². The fourth-order valence-electron chi connectivity index (χ4n) is 3.26. The van der Waals surface area contributed by atoms with E-state index in [0.29, 0.717) is 37.6 Å². The van der Waals surface area contributed by atoms with Gasteiger partial charge < -0.3 is 4.90 Å². The van der Waals surface area contributed by atoms with Gasteiger partial charge in [-0.2, -0.15) is 0 Å². The zero-order valence-electron chi connectivity index (χ0n) is 11.5. The predicted octanol–water partition coefficient (Wildman–Crippen LogP) is 2.78. The summed E-state index contributed by atoms with van der Waals surface area (Å²) in [5.41, 5.74) is 0. The molecule has 0 radical (unpaired) electrons. The molecule has 0 aromatic heterocycles. The van der Waals surface area contributed by atoms with E-state index >= 15 is 0 Å². The van der Waals surface area contributed by atoms with Crippen LogP contribution in [0.1, 0.15) is 58.3 Å². The normalized spacial score (nSPS) is 26.4. The summed E-state index contributed by atoms with van der Waals surface area (Å²) in [6.45, 7) is 3.36. The van der Waals surface area contributed by atoms with Gasteiger partial charge in [-0.25, -0.2) is 0 Å². The van der Waals surface area contributed by atoms with E-state index in [-0.39, 0.29) is 11.8 Å². The topological polar surface area (TPSA) is 37.4 Å². The van der Waals surface area contributed by atoms with Crippen LogP contribution in [0.2, 0.25) is 0 Å². The van der Waals surface area contributed by atoms with Crippen LogP contribution in [-0.2, 0) is 9.59 Å². The van der Waals surface area contributed by atoms with Crippen molar-refractivity contribution in [2.75, 3.05) is 13.1 Å². The average Bonchev–Trinajstić information content (AvgIpc) is 2.40. The molecule has 2 aliphatic rings. The maximum atomic E-state index is 12.2. The first-order valence-corrected chi connectivity index (χ1v) is 7.51. The molecule has 0 spiro atoms. The van der Waals surface area contributed by atoms with E-state index in [1.807, 2.05) is 11.8 Å². The summed E-state index contributed by atoms with van der Waals surface area (Å²) in [7, 11) is 0. The van der Waals surface area contributed by atoms with Crippen LogP contribution in [0.25, 0.3) is 0 Å². The molecule has 1 heterocycles. The number of carbonyl (C=O) groups is 2. The molecule has 0 aromatic rings. The Balaban J connectivity index is 1.83. The summed E-state index contributed by atoms with van der Waals surface area (Å²) < 4.78 is 0. The van der Waals surface area contributed by atoms with Gasteiger partial charge in [0.05, 0.1) is 0 Å². The molecular weight excluding hydrogens is 226 g/mol. The Bertz CT molecular complexity index is 308. The van der Waals surface area contributed by atoms with E-state index < -0.39 is 0 Å². The molecule has 3 heteroatoms. The zero-order chi connectivity index (χ0) is 13.0. The Morgan fingerprint density at radius 1 is 1.28 bits per heavy atom. The van der Waals surface area contributed by atoms with E-state index in [2.05, 4.69) is 0 Å². The Kier molecular flexibility index (Phi) is 4.79. The fraction of sp³-hybridized carbons (Fsp3) is 0.867. The molecule has 2 fully saturated rings. The molecule has 1 saturated carbocycles. The largest absolute Gasteiger partial charge is 0.342 e. The number of ketones is 1. The number of likely N-dealkylation sites (tertiary alicyclic amines) is 1. The maximum absolute atomic E-state index is 12.2. The number of amides is 1. The summed E-state index contributed by atoms with van der Waals surface area (Å²) in [4.78, 5) is 25.8. The van der Waals surface area contributed by atoms with Crippen LogP contribution in [-0.4, -0.2) is 29.7 Å². The average molecular weight is 251 g/mol. The maximum Gasteiger partial charge on any atom is 0.222 e. The lowest BCUT2D eigenvalue weighted by Gasteiger charge is -2.33. The van der Waals surface area contributed by atoms with Crippen molar-refractivity contribution >= 4 is 11.7 Å². The van der Waals surface area contributed by atoms with E-state index in [9.17, 15) is 9.59 Å². The number of piperidine rings is 1. The van der Waals surface area contributed by atoms with Gasteiger partial charge in [-0.05, 0) is 25.2 Å². The van der Waals surface area contributed by atoms with Gasteiger partial charge >= 0.3 is 0 Å². The molecule has 1 atom stereocenters. The number of hydrogen-bond donors (Lipinski definition) is 0. The SMILES string of the molecule is CCC1CN(C(=O)CC2CCCCC2)CCC1=O. The van der Waals surface area contributed by atoms with E-state index in [4.69, 9.17) is 0 Å². The molecule has 2 rings (SSSR count). The molecule has 0 aromatic carbocycles. The minimum Gasteiger partial charge on any atom is -0.342 e. The summed E-state index contributed by atoms with van der Waals surface area (Å²) in [5.74, 6) is 1.32. The zero-order valence-corrected chi connectivity index (χ0v) is 11.5. The predicted molar refractivity (Wildman–Crippen MR) is 71.2 cm³/mol. The van der Waals surface area contributed by atoms with Gasteiger partial charge in [0, 0.05) is 31.8 Å². The van der Waals surface area contributed by atoms with E-state index in [0.717, 1.165) is 6.42 Å². The van der Waals surface area contributed by atoms with Gasteiger partial charge in [-0.3, -0.25) is 9.59 Å². The Hall–Kier alpha value is -0.860. The molecular formula is C15H25NO2. The lowest BCUT2D eigenvalue weighted by Crippen LogP contribution is -2.44. The monoisotopic (exact) mass is 251 g/mol. The number of rotatable bonds is 3. The van der Waals surface area contributed by atoms with Crippen molar-refractivity contribution in [1.82, 2.24) is 4.90 Å². The lowest BCUT2D eigenvalue weighted by atomic mass is 9.86. The van der Waals surface area contributed by atoms with Crippen molar-refractivity contribution in [3.05, 3.63) is 0 Å². The third-order valence-corrected chi connectivity index (χ3v) is 4.56. The molecule has 1 amide bonds. The molecule has 0 N–H and O–H groups in total. The smallest absolute Gasteiger partial charge is 0.222 e. The number of Topliss-reactive ketones (excluding diaryl/α,β-unsaturated/α-hetero) is 1. The van der Waals surface area contributed by atoms with Gasteiger partial charge in [0.2, 0.25) is 5.91 Å². The van der Waals surface area contributed by atoms with Crippen molar-refractivity contribution in [2.45, 2.75) is 58.3 Å². The van der Waals surface area contributed by atoms with Crippen LogP contribution >= 0.6 is 0 Å². The highest BCUT2D eigenvalue weighted by molar-refractivity contribution is 5.85. The van der Waals surface area contributed by atoms with Crippen LogP contribution < -0.4 is 0 Å². The first-order valence-electron chi connectivity index (χ1n) is 7.51. The Morgan fingerprint density at radius 2 is 2.00 bits per heavy atom.